The molecule has 0 aromatic heterocycles. The average molecular weight is 244 g/mol. The van der Waals surface area contributed by atoms with Gasteiger partial charge >= 0.3 is 0 Å². The lowest BCUT2D eigenvalue weighted by atomic mass is 9.77. The van der Waals surface area contributed by atoms with Gasteiger partial charge in [0.25, 0.3) is 0 Å². The summed E-state index contributed by atoms with van der Waals surface area (Å²) in [4.78, 5) is 0. The Morgan fingerprint density at radius 3 is 1.94 bits per heavy atom. The van der Waals surface area contributed by atoms with Gasteiger partial charge < -0.3 is 0 Å². The van der Waals surface area contributed by atoms with E-state index in [9.17, 15) is 0 Å². The highest BCUT2D eigenvalue weighted by Gasteiger charge is 2.21. The van der Waals surface area contributed by atoms with Crippen LogP contribution in [0.15, 0.2) is 30.3 Å². The number of hydrogen-bond donors (Lipinski definition) is 0. The zero-order valence-corrected chi connectivity index (χ0v) is 12.7. The van der Waals surface area contributed by atoms with E-state index in [0.717, 1.165) is 12.8 Å². The highest BCUT2D eigenvalue weighted by molar-refractivity contribution is 5.65. The molecule has 0 heteroatoms. The zero-order valence-electron chi connectivity index (χ0n) is 12.7. The van der Waals surface area contributed by atoms with E-state index in [0.29, 0.717) is 5.41 Å². The molecule has 1 aromatic rings. The molecule has 0 unspecified atom stereocenters. The van der Waals surface area contributed by atoms with Crippen LogP contribution in [0, 0.1) is 0 Å². The maximum absolute atomic E-state index is 2.37. The molecule has 0 spiro atoms. The molecule has 0 amide bonds. The first-order chi connectivity index (χ1) is 8.61. The maximum Gasteiger partial charge on any atom is -0.00805 e. The van der Waals surface area contributed by atoms with Gasteiger partial charge in [0.2, 0.25) is 0 Å². The highest BCUT2D eigenvalue weighted by atomic mass is 14.3. The van der Waals surface area contributed by atoms with Crippen molar-refractivity contribution in [3.05, 3.63) is 41.5 Å². The van der Waals surface area contributed by atoms with Crippen molar-refractivity contribution in [2.45, 2.75) is 65.7 Å². The first-order valence-corrected chi connectivity index (χ1v) is 7.41. The summed E-state index contributed by atoms with van der Waals surface area (Å²) >= 11 is 0. The summed E-state index contributed by atoms with van der Waals surface area (Å²) in [6, 6.07) is 9.23. The van der Waals surface area contributed by atoms with Crippen molar-refractivity contribution < 1.29 is 0 Å². The van der Waals surface area contributed by atoms with Crippen LogP contribution in [0.5, 0.6) is 0 Å². The van der Waals surface area contributed by atoms with E-state index in [4.69, 9.17) is 0 Å². The van der Waals surface area contributed by atoms with Crippen molar-refractivity contribution >= 4 is 5.57 Å². The summed E-state index contributed by atoms with van der Waals surface area (Å²) in [5.41, 5.74) is 4.67. The Hall–Kier alpha value is -1.04. The molecule has 0 heterocycles. The Labute approximate surface area is 113 Å². The lowest BCUT2D eigenvalue weighted by Crippen LogP contribution is -2.19. The largest absolute Gasteiger partial charge is 0.0810 e. The topological polar surface area (TPSA) is 0 Å². The third-order valence-electron chi connectivity index (χ3n) is 4.34. The second-order valence-electron chi connectivity index (χ2n) is 5.34. The van der Waals surface area contributed by atoms with Gasteiger partial charge in [0.1, 0.15) is 0 Å². The van der Waals surface area contributed by atoms with Crippen molar-refractivity contribution in [1.29, 1.82) is 0 Å². The zero-order chi connectivity index (χ0) is 13.6. The van der Waals surface area contributed by atoms with Gasteiger partial charge in [0.05, 0.1) is 0 Å². The van der Waals surface area contributed by atoms with Gasteiger partial charge in [-0.1, -0.05) is 65.0 Å². The molecule has 0 N–H and O–H groups in total. The molecule has 0 aliphatic heterocycles. The fourth-order valence-electron chi connectivity index (χ4n) is 2.46. The minimum absolute atomic E-state index is 0.333. The number of hydrogen-bond acceptors (Lipinski definition) is 0. The molecule has 18 heavy (non-hydrogen) atoms. The SMILES string of the molecule is CC/C=C(\CC)c1ccc(C(C)(CC)CC)cc1. The normalized spacial score (nSPS) is 12.8. The van der Waals surface area contributed by atoms with Crippen molar-refractivity contribution in [3.63, 3.8) is 0 Å². The molecule has 0 nitrogen and oxygen atoms in total. The third kappa shape index (κ3) is 3.25. The molecule has 0 aliphatic carbocycles. The van der Waals surface area contributed by atoms with Crippen molar-refractivity contribution in [3.8, 4) is 0 Å². The molecule has 0 fully saturated rings. The lowest BCUT2D eigenvalue weighted by molar-refractivity contribution is 0.439. The summed E-state index contributed by atoms with van der Waals surface area (Å²) in [6.45, 7) is 11.4. The van der Waals surface area contributed by atoms with Crippen molar-refractivity contribution in [2.75, 3.05) is 0 Å². The standard InChI is InChI=1S/C18H28/c1-6-10-15(7-2)16-11-13-17(14-12-16)18(5,8-3)9-4/h10-14H,6-9H2,1-5H3/b15-10+. The fraction of sp³-hybridized carbons (Fsp3) is 0.556. The highest BCUT2D eigenvalue weighted by Crippen LogP contribution is 2.32. The number of rotatable bonds is 6. The molecule has 1 aromatic carbocycles. The van der Waals surface area contributed by atoms with Gasteiger partial charge in [0.15, 0.2) is 0 Å². The van der Waals surface area contributed by atoms with Crippen LogP contribution in [-0.4, -0.2) is 0 Å². The van der Waals surface area contributed by atoms with E-state index in [1.807, 2.05) is 0 Å². The molecule has 100 valence electrons. The Kier molecular flexibility index (Phi) is 5.65. The van der Waals surface area contributed by atoms with Crippen LogP contribution in [-0.2, 0) is 5.41 Å². The van der Waals surface area contributed by atoms with Crippen molar-refractivity contribution in [1.82, 2.24) is 0 Å². The van der Waals surface area contributed by atoms with Gasteiger partial charge in [-0.3, -0.25) is 0 Å². The van der Waals surface area contributed by atoms with E-state index < -0.39 is 0 Å². The van der Waals surface area contributed by atoms with Crippen LogP contribution in [0.25, 0.3) is 5.57 Å². The van der Waals surface area contributed by atoms with Crippen LogP contribution in [0.2, 0.25) is 0 Å². The Bertz CT molecular complexity index is 377. The summed E-state index contributed by atoms with van der Waals surface area (Å²) < 4.78 is 0. The first kappa shape index (κ1) is 15.0. The van der Waals surface area contributed by atoms with Crippen LogP contribution < -0.4 is 0 Å². The number of allylic oxidation sites excluding steroid dienone is 2. The lowest BCUT2D eigenvalue weighted by Gasteiger charge is -2.27. The van der Waals surface area contributed by atoms with E-state index in [1.54, 1.807) is 0 Å². The monoisotopic (exact) mass is 244 g/mol. The molecule has 0 aliphatic rings. The number of benzene rings is 1. The molecular weight excluding hydrogens is 216 g/mol. The van der Waals surface area contributed by atoms with E-state index in [-0.39, 0.29) is 0 Å². The van der Waals surface area contributed by atoms with Crippen LogP contribution >= 0.6 is 0 Å². The molecule has 0 radical (unpaired) electrons. The van der Waals surface area contributed by atoms with Crippen LogP contribution in [0.4, 0.5) is 0 Å². The van der Waals surface area contributed by atoms with E-state index >= 15 is 0 Å². The van der Waals surface area contributed by atoms with Gasteiger partial charge in [-0.2, -0.15) is 0 Å². The summed E-state index contributed by atoms with van der Waals surface area (Å²) in [5, 5.41) is 0. The molecular formula is C18H28. The predicted octanol–water partition coefficient (Wildman–Crippen LogP) is 5.97. The smallest absolute Gasteiger partial charge is 0.00805 e. The van der Waals surface area contributed by atoms with Gasteiger partial charge in [0, 0.05) is 0 Å². The van der Waals surface area contributed by atoms with Gasteiger partial charge in [-0.05, 0) is 47.8 Å². The first-order valence-electron chi connectivity index (χ1n) is 7.41. The van der Waals surface area contributed by atoms with Crippen LogP contribution in [0.1, 0.15) is 71.4 Å². The summed E-state index contributed by atoms with van der Waals surface area (Å²) in [5.74, 6) is 0. The summed E-state index contributed by atoms with van der Waals surface area (Å²) in [7, 11) is 0. The third-order valence-corrected chi connectivity index (χ3v) is 4.34. The van der Waals surface area contributed by atoms with E-state index in [2.05, 4.69) is 65.0 Å². The summed E-state index contributed by atoms with van der Waals surface area (Å²) in [6.07, 6.45) is 6.98. The molecule has 1 rings (SSSR count). The maximum atomic E-state index is 2.37. The minimum Gasteiger partial charge on any atom is -0.0810 e. The average Bonchev–Trinajstić information content (AvgIpc) is 2.44. The van der Waals surface area contributed by atoms with Gasteiger partial charge in [-0.25, -0.2) is 0 Å². The second-order valence-corrected chi connectivity index (χ2v) is 5.34. The molecule has 0 saturated heterocycles. The predicted molar refractivity (Wildman–Crippen MR) is 82.9 cm³/mol. The fourth-order valence-corrected chi connectivity index (χ4v) is 2.46. The molecule has 0 bridgehead atoms. The molecule has 0 saturated carbocycles. The van der Waals surface area contributed by atoms with E-state index in [1.165, 1.54) is 29.5 Å². The Morgan fingerprint density at radius 2 is 1.56 bits per heavy atom. The quantitative estimate of drug-likeness (QED) is 0.578. The van der Waals surface area contributed by atoms with Crippen LogP contribution in [0.3, 0.4) is 0 Å². The second kappa shape index (κ2) is 6.78. The molecule has 0 atom stereocenters. The Morgan fingerprint density at radius 1 is 1.00 bits per heavy atom. The minimum atomic E-state index is 0.333. The van der Waals surface area contributed by atoms with Crippen molar-refractivity contribution in [2.24, 2.45) is 0 Å². The van der Waals surface area contributed by atoms with Gasteiger partial charge in [-0.15, -0.1) is 0 Å². The Balaban J connectivity index is 3.02.